The molecule has 0 fully saturated rings. The van der Waals surface area contributed by atoms with E-state index >= 15 is 0 Å². The summed E-state index contributed by atoms with van der Waals surface area (Å²) in [5.41, 5.74) is 1.88. The molecular weight excluding hydrogens is 214 g/mol. The number of amides is 1. The summed E-state index contributed by atoms with van der Waals surface area (Å²) >= 11 is 0. The Morgan fingerprint density at radius 2 is 2.18 bits per heavy atom. The van der Waals surface area contributed by atoms with Crippen molar-refractivity contribution in [2.75, 3.05) is 0 Å². The van der Waals surface area contributed by atoms with E-state index in [2.05, 4.69) is 15.3 Å². The van der Waals surface area contributed by atoms with Gasteiger partial charge in [-0.2, -0.15) is 0 Å². The first-order valence-corrected chi connectivity index (χ1v) is 5.33. The molecule has 1 amide bonds. The minimum Gasteiger partial charge on any atom is -0.348 e. The van der Waals surface area contributed by atoms with Crippen LogP contribution >= 0.6 is 0 Å². The topological polar surface area (TPSA) is 57.8 Å². The van der Waals surface area contributed by atoms with Crippen LogP contribution in [0.15, 0.2) is 48.9 Å². The van der Waals surface area contributed by atoms with Gasteiger partial charge in [0, 0.05) is 12.6 Å². The van der Waals surface area contributed by atoms with Crippen molar-refractivity contribution in [2.45, 2.75) is 6.54 Å². The third-order valence-electron chi connectivity index (χ3n) is 2.24. The van der Waals surface area contributed by atoms with Gasteiger partial charge in [-0.25, -0.2) is 4.98 Å². The number of nitrogens with one attached hydrogen (secondary N) is 2. The zero-order valence-electron chi connectivity index (χ0n) is 9.26. The maximum Gasteiger partial charge on any atom is 0.244 e. The normalized spacial score (nSPS) is 10.6. The molecule has 2 aromatic rings. The van der Waals surface area contributed by atoms with E-state index in [1.54, 1.807) is 18.6 Å². The number of aromatic amines is 1. The summed E-state index contributed by atoms with van der Waals surface area (Å²) in [7, 11) is 0. The largest absolute Gasteiger partial charge is 0.348 e. The molecule has 4 nitrogen and oxygen atoms in total. The summed E-state index contributed by atoms with van der Waals surface area (Å²) in [6, 6.07) is 9.78. The molecule has 17 heavy (non-hydrogen) atoms. The molecule has 0 radical (unpaired) electrons. The van der Waals surface area contributed by atoms with Gasteiger partial charge in [0.2, 0.25) is 5.91 Å². The Hall–Kier alpha value is -2.36. The summed E-state index contributed by atoms with van der Waals surface area (Å²) in [5, 5.41) is 2.80. The fourth-order valence-corrected chi connectivity index (χ4v) is 1.37. The Bertz CT molecular complexity index is 489. The lowest BCUT2D eigenvalue weighted by Gasteiger charge is -2.01. The summed E-state index contributed by atoms with van der Waals surface area (Å²) in [4.78, 5) is 18.2. The number of hydrogen-bond donors (Lipinski definition) is 2. The lowest BCUT2D eigenvalue weighted by atomic mass is 10.2. The monoisotopic (exact) mass is 227 g/mol. The average Bonchev–Trinajstić information content (AvgIpc) is 2.88. The Morgan fingerprint density at radius 3 is 2.88 bits per heavy atom. The van der Waals surface area contributed by atoms with Gasteiger partial charge in [-0.15, -0.1) is 0 Å². The molecule has 0 bridgehead atoms. The second kappa shape index (κ2) is 5.65. The molecule has 1 heterocycles. The maximum atomic E-state index is 11.5. The number of benzene rings is 1. The summed E-state index contributed by atoms with van der Waals surface area (Å²) in [6.45, 7) is 0.535. The predicted molar refractivity (Wildman–Crippen MR) is 65.9 cm³/mol. The Balaban J connectivity index is 1.82. The van der Waals surface area contributed by atoms with Crippen LogP contribution in [0, 0.1) is 0 Å². The van der Waals surface area contributed by atoms with Crippen molar-refractivity contribution in [3.8, 4) is 0 Å². The van der Waals surface area contributed by atoms with E-state index in [-0.39, 0.29) is 5.91 Å². The summed E-state index contributed by atoms with van der Waals surface area (Å²) in [6.07, 6.45) is 6.40. The fraction of sp³-hybridized carbons (Fsp3) is 0.0769. The van der Waals surface area contributed by atoms with E-state index in [0.29, 0.717) is 6.54 Å². The van der Waals surface area contributed by atoms with Gasteiger partial charge in [-0.1, -0.05) is 30.3 Å². The Kier molecular flexibility index (Phi) is 3.70. The fourth-order valence-electron chi connectivity index (χ4n) is 1.37. The third-order valence-corrected chi connectivity index (χ3v) is 2.24. The number of carbonyl (C=O) groups is 1. The molecule has 0 aliphatic heterocycles. The minimum absolute atomic E-state index is 0.122. The van der Waals surface area contributed by atoms with Crippen LogP contribution in [0.5, 0.6) is 0 Å². The molecule has 0 aliphatic carbocycles. The first-order valence-electron chi connectivity index (χ1n) is 5.33. The SMILES string of the molecule is O=C(/C=C/c1cnc[nH]1)NCc1ccccc1. The van der Waals surface area contributed by atoms with Gasteiger partial charge in [0.1, 0.15) is 0 Å². The second-order valence-electron chi connectivity index (χ2n) is 3.54. The van der Waals surface area contributed by atoms with Gasteiger partial charge in [0.25, 0.3) is 0 Å². The highest BCUT2D eigenvalue weighted by Crippen LogP contribution is 1.98. The van der Waals surface area contributed by atoms with Gasteiger partial charge in [0.15, 0.2) is 0 Å². The molecule has 2 rings (SSSR count). The van der Waals surface area contributed by atoms with Gasteiger partial charge < -0.3 is 10.3 Å². The highest BCUT2D eigenvalue weighted by Gasteiger charge is 1.96. The van der Waals surface area contributed by atoms with Crippen LogP contribution in [-0.2, 0) is 11.3 Å². The number of imidazole rings is 1. The summed E-state index contributed by atoms with van der Waals surface area (Å²) in [5.74, 6) is -0.122. The number of hydrogen-bond acceptors (Lipinski definition) is 2. The maximum absolute atomic E-state index is 11.5. The standard InChI is InChI=1S/C13H13N3O/c17-13(7-6-12-9-14-10-16-12)15-8-11-4-2-1-3-5-11/h1-7,9-10H,8H2,(H,14,16)(H,15,17)/b7-6+. The van der Waals surface area contributed by atoms with Crippen LogP contribution in [0.1, 0.15) is 11.3 Å². The number of rotatable bonds is 4. The molecule has 0 saturated heterocycles. The first kappa shape index (κ1) is 11.1. The average molecular weight is 227 g/mol. The molecule has 4 heteroatoms. The van der Waals surface area contributed by atoms with E-state index in [0.717, 1.165) is 11.3 Å². The van der Waals surface area contributed by atoms with Crippen molar-refractivity contribution < 1.29 is 4.79 Å². The predicted octanol–water partition coefficient (Wildman–Crippen LogP) is 1.74. The van der Waals surface area contributed by atoms with Crippen molar-refractivity contribution in [1.29, 1.82) is 0 Å². The molecule has 0 atom stereocenters. The lowest BCUT2D eigenvalue weighted by molar-refractivity contribution is -0.116. The van der Waals surface area contributed by atoms with Crippen molar-refractivity contribution in [1.82, 2.24) is 15.3 Å². The summed E-state index contributed by atoms with van der Waals surface area (Å²) < 4.78 is 0. The van der Waals surface area contributed by atoms with E-state index < -0.39 is 0 Å². The first-order chi connectivity index (χ1) is 8.34. The second-order valence-corrected chi connectivity index (χ2v) is 3.54. The van der Waals surface area contributed by atoms with Crippen LogP contribution in [0.25, 0.3) is 6.08 Å². The zero-order valence-corrected chi connectivity index (χ0v) is 9.26. The molecule has 1 aromatic carbocycles. The van der Waals surface area contributed by atoms with Crippen molar-refractivity contribution >= 4 is 12.0 Å². The van der Waals surface area contributed by atoms with Crippen LogP contribution in [-0.4, -0.2) is 15.9 Å². The van der Waals surface area contributed by atoms with E-state index in [1.165, 1.54) is 6.08 Å². The molecule has 2 N–H and O–H groups in total. The Morgan fingerprint density at radius 1 is 1.35 bits per heavy atom. The van der Waals surface area contributed by atoms with E-state index in [9.17, 15) is 4.79 Å². The lowest BCUT2D eigenvalue weighted by Crippen LogP contribution is -2.20. The van der Waals surface area contributed by atoms with E-state index in [1.807, 2.05) is 30.3 Å². The number of carbonyl (C=O) groups excluding carboxylic acids is 1. The molecule has 1 aromatic heterocycles. The molecule has 0 unspecified atom stereocenters. The Labute approximate surface area is 99.4 Å². The van der Waals surface area contributed by atoms with Crippen molar-refractivity contribution in [2.24, 2.45) is 0 Å². The number of H-pyrrole nitrogens is 1. The quantitative estimate of drug-likeness (QED) is 0.782. The van der Waals surface area contributed by atoms with Gasteiger partial charge in [-0.05, 0) is 11.6 Å². The van der Waals surface area contributed by atoms with Crippen molar-refractivity contribution in [3.63, 3.8) is 0 Å². The van der Waals surface area contributed by atoms with Gasteiger partial charge >= 0.3 is 0 Å². The molecular formula is C13H13N3O. The van der Waals surface area contributed by atoms with Gasteiger partial charge in [0.05, 0.1) is 18.2 Å². The van der Waals surface area contributed by atoms with Gasteiger partial charge in [-0.3, -0.25) is 4.79 Å². The van der Waals surface area contributed by atoms with Crippen molar-refractivity contribution in [3.05, 3.63) is 60.2 Å². The van der Waals surface area contributed by atoms with Crippen LogP contribution in [0.4, 0.5) is 0 Å². The highest BCUT2D eigenvalue weighted by molar-refractivity contribution is 5.91. The van der Waals surface area contributed by atoms with Crippen LogP contribution in [0.3, 0.4) is 0 Å². The smallest absolute Gasteiger partial charge is 0.244 e. The molecule has 0 spiro atoms. The number of nitrogens with zero attached hydrogens (tertiary/aromatic N) is 1. The zero-order chi connectivity index (χ0) is 11.9. The van der Waals surface area contributed by atoms with E-state index in [4.69, 9.17) is 0 Å². The molecule has 0 saturated carbocycles. The molecule has 0 aliphatic rings. The number of aromatic nitrogens is 2. The highest BCUT2D eigenvalue weighted by atomic mass is 16.1. The molecule has 86 valence electrons. The van der Waals surface area contributed by atoms with Crippen LogP contribution < -0.4 is 5.32 Å². The minimum atomic E-state index is -0.122. The third kappa shape index (κ3) is 3.61. The van der Waals surface area contributed by atoms with Crippen LogP contribution in [0.2, 0.25) is 0 Å².